The number of likely N-dealkylation sites (tertiary alicyclic amines) is 1. The standard InChI is InChI=1S/C23H41ClN2O.CH4.3H2O/c1-17(2)22(25-12-14-27-18(3)4)15-26-13-11-21(23(5,6)16-26)19-7-9-20(24)10-8-19;;;;/h7,9,17-18,21-22,25H,8,10-16H2,1-6H3;1H4;3*1H2/t21?,22-;;;;/m0..../s1. The summed E-state index contributed by atoms with van der Waals surface area (Å²) in [6.07, 6.45) is 8.12. The molecule has 1 aliphatic carbocycles. The monoisotopic (exact) mass is 466 g/mol. The number of halogens is 1. The molecule has 2 atom stereocenters. The molecule has 188 valence electrons. The van der Waals surface area contributed by atoms with Crippen molar-refractivity contribution in [1.82, 2.24) is 10.2 Å². The zero-order chi connectivity index (χ0) is 20.0. The summed E-state index contributed by atoms with van der Waals surface area (Å²) in [5, 5.41) is 4.73. The predicted octanol–water partition coefficient (Wildman–Crippen LogP) is 3.38. The van der Waals surface area contributed by atoms with Gasteiger partial charge in [0.05, 0.1) is 12.7 Å². The highest BCUT2D eigenvalue weighted by molar-refractivity contribution is 6.29. The molecule has 1 fully saturated rings. The summed E-state index contributed by atoms with van der Waals surface area (Å²) in [6.45, 7) is 18.9. The Morgan fingerprint density at radius 1 is 1.13 bits per heavy atom. The van der Waals surface area contributed by atoms with E-state index < -0.39 is 0 Å². The molecule has 1 aliphatic heterocycles. The molecule has 0 bridgehead atoms. The number of hydrogen-bond acceptors (Lipinski definition) is 3. The molecule has 1 heterocycles. The lowest BCUT2D eigenvalue weighted by atomic mass is 9.68. The fourth-order valence-electron chi connectivity index (χ4n) is 4.56. The van der Waals surface area contributed by atoms with Crippen molar-refractivity contribution in [2.45, 2.75) is 80.4 Å². The van der Waals surface area contributed by atoms with E-state index in [9.17, 15) is 0 Å². The largest absolute Gasteiger partial charge is 0.412 e. The van der Waals surface area contributed by atoms with Gasteiger partial charge in [0.25, 0.3) is 0 Å². The first-order chi connectivity index (χ1) is 12.7. The first kappa shape index (κ1) is 35.1. The van der Waals surface area contributed by atoms with Gasteiger partial charge in [-0.05, 0) is 63.0 Å². The van der Waals surface area contributed by atoms with Crippen LogP contribution in [0.2, 0.25) is 0 Å². The van der Waals surface area contributed by atoms with Crippen LogP contribution in [0, 0.1) is 17.3 Å². The molecule has 31 heavy (non-hydrogen) atoms. The highest BCUT2D eigenvalue weighted by Gasteiger charge is 2.38. The van der Waals surface area contributed by atoms with Crippen LogP contribution in [0.3, 0.4) is 0 Å². The van der Waals surface area contributed by atoms with Crippen molar-refractivity contribution < 1.29 is 21.2 Å². The number of nitrogens with zero attached hydrogens (tertiary/aromatic N) is 1. The Kier molecular flexibility index (Phi) is 18.3. The predicted molar refractivity (Wildman–Crippen MR) is 135 cm³/mol. The van der Waals surface area contributed by atoms with E-state index in [0.717, 1.165) is 37.6 Å². The second-order valence-electron chi connectivity index (χ2n) is 9.64. The van der Waals surface area contributed by atoms with Crippen LogP contribution < -0.4 is 5.32 Å². The molecule has 6 nitrogen and oxygen atoms in total. The number of rotatable bonds is 9. The minimum absolute atomic E-state index is 0. The average Bonchev–Trinajstić information content (AvgIpc) is 2.57. The molecule has 2 aliphatic rings. The molecule has 7 N–H and O–H groups in total. The third-order valence-corrected chi connectivity index (χ3v) is 6.42. The van der Waals surface area contributed by atoms with E-state index >= 15 is 0 Å². The zero-order valence-corrected chi connectivity index (χ0v) is 20.6. The number of ether oxygens (including phenoxy) is 1. The first-order valence-electron chi connectivity index (χ1n) is 10.8. The van der Waals surface area contributed by atoms with Gasteiger partial charge in [0.2, 0.25) is 0 Å². The van der Waals surface area contributed by atoms with E-state index in [-0.39, 0.29) is 23.9 Å². The van der Waals surface area contributed by atoms with Crippen LogP contribution in [0.15, 0.2) is 22.8 Å². The summed E-state index contributed by atoms with van der Waals surface area (Å²) >= 11 is 6.16. The highest BCUT2D eigenvalue weighted by atomic mass is 35.5. The van der Waals surface area contributed by atoms with E-state index in [1.807, 2.05) is 0 Å². The zero-order valence-electron chi connectivity index (χ0n) is 19.9. The lowest BCUT2D eigenvalue weighted by molar-refractivity contribution is 0.0547. The van der Waals surface area contributed by atoms with Gasteiger partial charge in [-0.3, -0.25) is 0 Å². The minimum Gasteiger partial charge on any atom is -0.412 e. The number of hydrogen-bond donors (Lipinski definition) is 1. The smallest absolute Gasteiger partial charge is 0.0594 e. The summed E-state index contributed by atoms with van der Waals surface area (Å²) in [5.74, 6) is 1.30. The Hall–Kier alpha value is -0.470. The summed E-state index contributed by atoms with van der Waals surface area (Å²) in [7, 11) is 0. The van der Waals surface area contributed by atoms with Gasteiger partial charge in [-0.25, -0.2) is 0 Å². The van der Waals surface area contributed by atoms with Crippen LogP contribution in [0.5, 0.6) is 0 Å². The molecule has 0 aromatic rings. The summed E-state index contributed by atoms with van der Waals surface area (Å²) in [4.78, 5) is 2.67. The van der Waals surface area contributed by atoms with Crippen LogP contribution in [0.25, 0.3) is 0 Å². The first-order valence-corrected chi connectivity index (χ1v) is 11.2. The Morgan fingerprint density at radius 2 is 1.77 bits per heavy atom. The fourth-order valence-corrected chi connectivity index (χ4v) is 4.72. The van der Waals surface area contributed by atoms with Crippen molar-refractivity contribution in [3.8, 4) is 0 Å². The molecule has 0 amide bonds. The van der Waals surface area contributed by atoms with Gasteiger partial charge >= 0.3 is 0 Å². The van der Waals surface area contributed by atoms with Gasteiger partial charge in [-0.2, -0.15) is 0 Å². The third-order valence-electron chi connectivity index (χ3n) is 6.11. The van der Waals surface area contributed by atoms with Crippen LogP contribution in [0.1, 0.15) is 68.2 Å². The van der Waals surface area contributed by atoms with Gasteiger partial charge in [-0.15, -0.1) is 0 Å². The van der Waals surface area contributed by atoms with Crippen molar-refractivity contribution in [1.29, 1.82) is 0 Å². The lowest BCUT2D eigenvalue weighted by Crippen LogP contribution is -2.52. The molecular formula is C24H51ClN2O4. The van der Waals surface area contributed by atoms with Crippen molar-refractivity contribution >= 4 is 11.6 Å². The quantitative estimate of drug-likeness (QED) is 0.524. The molecule has 7 heteroatoms. The Morgan fingerprint density at radius 3 is 2.26 bits per heavy atom. The SMILES string of the molecule is C.CC(C)OCCN[C@@H](CN1CCC(C2=CC=C(Cl)CC2)C(C)(C)C1)C(C)C.O.O.O. The molecule has 1 saturated heterocycles. The van der Waals surface area contributed by atoms with Gasteiger partial charge < -0.3 is 31.4 Å². The molecule has 0 aromatic heterocycles. The summed E-state index contributed by atoms with van der Waals surface area (Å²) in [6, 6.07) is 0.517. The summed E-state index contributed by atoms with van der Waals surface area (Å²) < 4.78 is 5.69. The molecule has 0 spiro atoms. The molecule has 1 unspecified atom stereocenters. The maximum absolute atomic E-state index is 6.16. The lowest BCUT2D eigenvalue weighted by Gasteiger charge is -2.47. The van der Waals surface area contributed by atoms with Gasteiger partial charge in [0.1, 0.15) is 0 Å². The van der Waals surface area contributed by atoms with Crippen LogP contribution in [-0.2, 0) is 4.74 Å². The van der Waals surface area contributed by atoms with Crippen LogP contribution in [0.4, 0.5) is 0 Å². The number of piperidine rings is 1. The van der Waals surface area contributed by atoms with Gasteiger partial charge in [-0.1, -0.05) is 58.4 Å². The molecular weight excluding hydrogens is 416 g/mol. The maximum atomic E-state index is 6.16. The van der Waals surface area contributed by atoms with E-state index in [2.05, 4.69) is 63.9 Å². The van der Waals surface area contributed by atoms with Crippen LogP contribution >= 0.6 is 11.6 Å². The minimum atomic E-state index is 0. The Bertz CT molecular complexity index is 536. The molecule has 0 radical (unpaired) electrons. The number of nitrogens with one attached hydrogen (secondary N) is 1. The second kappa shape index (κ2) is 16.2. The molecule has 0 saturated carbocycles. The summed E-state index contributed by atoms with van der Waals surface area (Å²) in [5.41, 5.74) is 1.91. The number of allylic oxidation sites excluding steroid dienone is 4. The van der Waals surface area contributed by atoms with Crippen molar-refractivity contribution in [3.05, 3.63) is 22.8 Å². The maximum Gasteiger partial charge on any atom is 0.0594 e. The van der Waals surface area contributed by atoms with E-state index in [1.54, 1.807) is 5.57 Å². The van der Waals surface area contributed by atoms with Gasteiger partial charge in [0, 0.05) is 30.7 Å². The van der Waals surface area contributed by atoms with Crippen LogP contribution in [-0.4, -0.2) is 66.3 Å². The topological polar surface area (TPSA) is 119 Å². The Balaban J connectivity index is -0.00000196. The van der Waals surface area contributed by atoms with E-state index in [0.29, 0.717) is 29.4 Å². The normalized spacial score (nSPS) is 21.6. The Labute approximate surface area is 196 Å². The third kappa shape index (κ3) is 11.3. The highest BCUT2D eigenvalue weighted by Crippen LogP contribution is 2.42. The molecule has 2 rings (SSSR count). The van der Waals surface area contributed by atoms with Crippen molar-refractivity contribution in [2.24, 2.45) is 17.3 Å². The van der Waals surface area contributed by atoms with Crippen molar-refractivity contribution in [2.75, 3.05) is 32.8 Å². The second-order valence-corrected chi connectivity index (χ2v) is 10.1. The fraction of sp³-hybridized carbons (Fsp3) is 0.833. The van der Waals surface area contributed by atoms with E-state index in [1.165, 1.54) is 19.5 Å². The van der Waals surface area contributed by atoms with Gasteiger partial charge in [0.15, 0.2) is 0 Å². The molecule has 0 aromatic carbocycles. The van der Waals surface area contributed by atoms with E-state index in [4.69, 9.17) is 16.3 Å². The van der Waals surface area contributed by atoms with Crippen molar-refractivity contribution in [3.63, 3.8) is 0 Å². The average molecular weight is 467 g/mol.